The minimum absolute atomic E-state index is 0.0873. The summed E-state index contributed by atoms with van der Waals surface area (Å²) in [7, 11) is 3.77. The molecule has 0 aromatic heterocycles. The van der Waals surface area contributed by atoms with E-state index in [1.807, 2.05) is 48.5 Å². The van der Waals surface area contributed by atoms with Gasteiger partial charge in [0.1, 0.15) is 5.92 Å². The predicted molar refractivity (Wildman–Crippen MR) is 146 cm³/mol. The van der Waals surface area contributed by atoms with E-state index in [9.17, 15) is 9.59 Å². The van der Waals surface area contributed by atoms with Crippen molar-refractivity contribution >= 4 is 46.9 Å². The van der Waals surface area contributed by atoms with Crippen LogP contribution in [0.1, 0.15) is 21.8 Å². The van der Waals surface area contributed by atoms with Gasteiger partial charge in [-0.15, -0.1) is 0 Å². The number of carbonyl (C=O) groups excluding carboxylic acids is 2. The molecule has 0 bridgehead atoms. The topological polar surface area (TPSA) is 77.0 Å². The highest BCUT2D eigenvalue weighted by Gasteiger charge is 2.29. The van der Waals surface area contributed by atoms with E-state index in [2.05, 4.69) is 44.6 Å². The molecule has 2 N–H and O–H groups in total. The van der Waals surface area contributed by atoms with Crippen LogP contribution in [0.4, 0.5) is 17.1 Å². The Hall–Kier alpha value is -3.62. The summed E-state index contributed by atoms with van der Waals surface area (Å²) >= 11 is 1.50. The van der Waals surface area contributed by atoms with Gasteiger partial charge in [-0.05, 0) is 61.1 Å². The van der Waals surface area contributed by atoms with Crippen LogP contribution >= 0.6 is 11.8 Å². The van der Waals surface area contributed by atoms with E-state index < -0.39 is 5.92 Å². The largest absolute Gasteiger partial charge is 0.369 e. The average Bonchev–Trinajstić information content (AvgIpc) is 3.22. The molecule has 36 heavy (non-hydrogen) atoms. The zero-order chi connectivity index (χ0) is 25.1. The van der Waals surface area contributed by atoms with Gasteiger partial charge in [0.25, 0.3) is 5.91 Å². The van der Waals surface area contributed by atoms with Crippen molar-refractivity contribution in [1.82, 2.24) is 10.2 Å². The quantitative estimate of drug-likeness (QED) is 0.492. The third kappa shape index (κ3) is 5.15. The molecule has 8 heteroatoms. The minimum atomic E-state index is -0.436. The lowest BCUT2D eigenvalue weighted by atomic mass is 10.0. The number of piperazine rings is 1. The highest BCUT2D eigenvalue weighted by atomic mass is 32.2. The first kappa shape index (κ1) is 24.1. The van der Waals surface area contributed by atoms with E-state index in [0.29, 0.717) is 5.56 Å². The standard InChI is InChI=1S/C28H29N5O2S/c1-29-27(34)23-5-3-4-6-26(23)36-21-11-12-22-24(28(35)31-25(22)17-21)18-30-19-7-9-20(10-8-19)33-15-13-32(2)14-16-33/h3-12,17-18,24H,13-16H2,1-2H3,(H,29,34)(H,31,35). The number of rotatable bonds is 6. The van der Waals surface area contributed by atoms with Crippen LogP contribution in [0.5, 0.6) is 0 Å². The molecule has 1 fully saturated rings. The Morgan fingerprint density at radius 3 is 2.56 bits per heavy atom. The maximum atomic E-state index is 12.7. The van der Waals surface area contributed by atoms with Gasteiger partial charge in [0, 0.05) is 60.6 Å². The average molecular weight is 500 g/mol. The second-order valence-electron chi connectivity index (χ2n) is 8.98. The zero-order valence-electron chi connectivity index (χ0n) is 20.4. The smallest absolute Gasteiger partial charge is 0.252 e. The SMILES string of the molecule is CNC(=O)c1ccccc1Sc1ccc2c(c1)NC(=O)C2C=Nc1ccc(N2CCN(C)CC2)cc1. The van der Waals surface area contributed by atoms with Crippen LogP contribution in [-0.2, 0) is 4.79 Å². The molecule has 0 spiro atoms. The summed E-state index contributed by atoms with van der Waals surface area (Å²) in [6.07, 6.45) is 1.72. The van der Waals surface area contributed by atoms with Crippen molar-refractivity contribution in [1.29, 1.82) is 0 Å². The van der Waals surface area contributed by atoms with Gasteiger partial charge in [-0.2, -0.15) is 0 Å². The Balaban J connectivity index is 1.29. The summed E-state index contributed by atoms with van der Waals surface area (Å²) in [5.41, 5.74) is 4.34. The molecule has 7 nitrogen and oxygen atoms in total. The van der Waals surface area contributed by atoms with E-state index in [-0.39, 0.29) is 11.8 Å². The second-order valence-corrected chi connectivity index (χ2v) is 10.1. The molecule has 2 heterocycles. The van der Waals surface area contributed by atoms with E-state index in [1.165, 1.54) is 17.4 Å². The molecule has 1 atom stereocenters. The van der Waals surface area contributed by atoms with Gasteiger partial charge in [0.05, 0.1) is 11.3 Å². The van der Waals surface area contributed by atoms with Crippen LogP contribution in [-0.4, -0.2) is 63.2 Å². The van der Waals surface area contributed by atoms with Crippen molar-refractivity contribution in [2.45, 2.75) is 15.7 Å². The Labute approximate surface area is 215 Å². The molecule has 2 amide bonds. The zero-order valence-corrected chi connectivity index (χ0v) is 21.2. The Morgan fingerprint density at radius 1 is 1.06 bits per heavy atom. The highest BCUT2D eigenvalue weighted by Crippen LogP contribution is 2.38. The van der Waals surface area contributed by atoms with Gasteiger partial charge in [0.15, 0.2) is 0 Å². The number of nitrogens with zero attached hydrogens (tertiary/aromatic N) is 3. The number of anilines is 2. The number of carbonyl (C=O) groups is 2. The molecule has 184 valence electrons. The fourth-order valence-corrected chi connectivity index (χ4v) is 5.44. The van der Waals surface area contributed by atoms with Gasteiger partial charge >= 0.3 is 0 Å². The lowest BCUT2D eigenvalue weighted by Gasteiger charge is -2.34. The van der Waals surface area contributed by atoms with E-state index in [0.717, 1.165) is 52.9 Å². The summed E-state index contributed by atoms with van der Waals surface area (Å²) < 4.78 is 0. The van der Waals surface area contributed by atoms with Crippen molar-refractivity contribution in [2.75, 3.05) is 50.5 Å². The summed E-state index contributed by atoms with van der Waals surface area (Å²) in [6.45, 7) is 4.18. The highest BCUT2D eigenvalue weighted by molar-refractivity contribution is 7.99. The summed E-state index contributed by atoms with van der Waals surface area (Å²) in [5, 5.41) is 5.66. The van der Waals surface area contributed by atoms with E-state index >= 15 is 0 Å². The number of likely N-dealkylation sites (N-methyl/N-ethyl adjacent to an activating group) is 1. The second kappa shape index (κ2) is 10.6. The molecule has 3 aromatic rings. The first-order valence-corrected chi connectivity index (χ1v) is 12.8. The molecule has 0 radical (unpaired) electrons. The molecule has 2 aliphatic heterocycles. The van der Waals surface area contributed by atoms with E-state index in [4.69, 9.17) is 0 Å². The van der Waals surface area contributed by atoms with Crippen molar-refractivity contribution in [3.8, 4) is 0 Å². The van der Waals surface area contributed by atoms with Gasteiger partial charge in [-0.3, -0.25) is 14.6 Å². The molecule has 0 aliphatic carbocycles. The van der Waals surface area contributed by atoms with Crippen molar-refractivity contribution in [3.63, 3.8) is 0 Å². The molecule has 5 rings (SSSR count). The van der Waals surface area contributed by atoms with Crippen molar-refractivity contribution in [3.05, 3.63) is 77.9 Å². The Kier molecular flexibility index (Phi) is 7.06. The Morgan fingerprint density at radius 2 is 1.81 bits per heavy atom. The Bertz CT molecular complexity index is 1300. The normalized spacial score (nSPS) is 17.8. The van der Waals surface area contributed by atoms with E-state index in [1.54, 1.807) is 19.3 Å². The fourth-order valence-electron chi connectivity index (χ4n) is 4.46. The maximum Gasteiger partial charge on any atom is 0.252 e. The van der Waals surface area contributed by atoms with Gasteiger partial charge in [0.2, 0.25) is 5.91 Å². The van der Waals surface area contributed by atoms with Crippen molar-refractivity contribution in [2.24, 2.45) is 4.99 Å². The molecule has 1 saturated heterocycles. The molecule has 2 aliphatic rings. The van der Waals surface area contributed by atoms with Gasteiger partial charge < -0.3 is 20.4 Å². The van der Waals surface area contributed by atoms with Crippen LogP contribution in [0.3, 0.4) is 0 Å². The summed E-state index contributed by atoms with van der Waals surface area (Å²) in [6, 6.07) is 21.6. The number of nitrogens with one attached hydrogen (secondary N) is 2. The lowest BCUT2D eigenvalue weighted by Crippen LogP contribution is -2.44. The predicted octanol–water partition coefficient (Wildman–Crippen LogP) is 4.39. The number of hydrogen-bond acceptors (Lipinski definition) is 6. The number of fused-ring (bicyclic) bond motifs is 1. The molecular formula is C28H29N5O2S. The van der Waals surface area contributed by atoms with Crippen LogP contribution < -0.4 is 15.5 Å². The van der Waals surface area contributed by atoms with Crippen LogP contribution in [0.2, 0.25) is 0 Å². The molecular weight excluding hydrogens is 470 g/mol. The first-order valence-electron chi connectivity index (χ1n) is 12.0. The number of hydrogen-bond donors (Lipinski definition) is 2. The molecule has 3 aromatic carbocycles. The molecule has 1 unspecified atom stereocenters. The van der Waals surface area contributed by atoms with Crippen LogP contribution in [0, 0.1) is 0 Å². The maximum absolute atomic E-state index is 12.7. The van der Waals surface area contributed by atoms with Gasteiger partial charge in [-0.25, -0.2) is 0 Å². The third-order valence-corrected chi connectivity index (χ3v) is 7.64. The first-order chi connectivity index (χ1) is 17.5. The van der Waals surface area contributed by atoms with Gasteiger partial charge in [-0.1, -0.05) is 30.0 Å². The lowest BCUT2D eigenvalue weighted by molar-refractivity contribution is -0.115. The van der Waals surface area contributed by atoms with Crippen molar-refractivity contribution < 1.29 is 9.59 Å². The number of aliphatic imine (C=N–C) groups is 1. The fraction of sp³-hybridized carbons (Fsp3) is 0.250. The monoisotopic (exact) mass is 499 g/mol. The summed E-state index contributed by atoms with van der Waals surface area (Å²) in [4.78, 5) is 36.1. The van der Waals surface area contributed by atoms with Crippen LogP contribution in [0.15, 0.2) is 81.5 Å². The minimum Gasteiger partial charge on any atom is -0.369 e. The van der Waals surface area contributed by atoms with Crippen LogP contribution in [0.25, 0.3) is 0 Å². The number of benzene rings is 3. The third-order valence-electron chi connectivity index (χ3n) is 6.58. The molecule has 0 saturated carbocycles. The summed E-state index contributed by atoms with van der Waals surface area (Å²) in [5.74, 6) is -0.648. The number of amides is 2.